The Morgan fingerprint density at radius 1 is 1.32 bits per heavy atom. The predicted molar refractivity (Wildman–Crippen MR) is 71.0 cm³/mol. The van der Waals surface area contributed by atoms with Crippen molar-refractivity contribution in [2.75, 3.05) is 11.5 Å². The van der Waals surface area contributed by atoms with Crippen LogP contribution in [0.15, 0.2) is 16.3 Å². The molecule has 0 atom stereocenters. The van der Waals surface area contributed by atoms with Gasteiger partial charge in [0.2, 0.25) is 10.0 Å². The third-order valence-electron chi connectivity index (χ3n) is 2.83. The van der Waals surface area contributed by atoms with Crippen molar-refractivity contribution >= 4 is 31.2 Å². The maximum atomic E-state index is 12.0. The van der Waals surface area contributed by atoms with Crippen molar-refractivity contribution in [2.45, 2.75) is 23.1 Å². The lowest BCUT2D eigenvalue weighted by atomic mass is 10.2. The summed E-state index contributed by atoms with van der Waals surface area (Å²) < 4.78 is 49.2. The van der Waals surface area contributed by atoms with Crippen LogP contribution in [0.2, 0.25) is 0 Å². The Labute approximate surface area is 116 Å². The van der Waals surface area contributed by atoms with E-state index in [1.807, 2.05) is 6.07 Å². The smallest absolute Gasteiger partial charge is 0.229 e. The normalized spacial score (nSPS) is 19.9. The molecule has 0 unspecified atom stereocenters. The van der Waals surface area contributed by atoms with Gasteiger partial charge in [0.15, 0.2) is 0 Å². The quantitative estimate of drug-likeness (QED) is 0.872. The van der Waals surface area contributed by atoms with Crippen LogP contribution in [0.1, 0.15) is 17.7 Å². The van der Waals surface area contributed by atoms with Crippen LogP contribution in [0.4, 0.5) is 0 Å². The fourth-order valence-electron chi connectivity index (χ4n) is 1.81. The summed E-state index contributed by atoms with van der Waals surface area (Å²) in [6.07, 6.45) is 0.579. The fraction of sp³-hybridized carbons (Fsp3) is 0.500. The highest BCUT2D eigenvalue weighted by Gasteiger charge is 2.28. The zero-order valence-corrected chi connectivity index (χ0v) is 12.3. The van der Waals surface area contributed by atoms with Crippen molar-refractivity contribution in [2.24, 2.45) is 0 Å². The van der Waals surface area contributed by atoms with E-state index < -0.39 is 19.9 Å². The standard InChI is InChI=1S/C10H12N2O4S3/c11-7-9-1-2-10(17-9)19(15,16)12-8-3-5-18(13,14)6-4-8/h1-2,8,12H,3-6H2. The van der Waals surface area contributed by atoms with E-state index in [2.05, 4.69) is 4.72 Å². The Morgan fingerprint density at radius 2 is 1.95 bits per heavy atom. The first-order chi connectivity index (χ1) is 8.82. The molecule has 0 saturated carbocycles. The molecule has 1 aromatic rings. The summed E-state index contributed by atoms with van der Waals surface area (Å²) in [6, 6.07) is 4.35. The molecule has 0 aromatic carbocycles. The molecule has 1 fully saturated rings. The summed E-state index contributed by atoms with van der Waals surface area (Å²) in [4.78, 5) is 0.326. The third kappa shape index (κ3) is 3.54. The number of sulfonamides is 1. The highest BCUT2D eigenvalue weighted by molar-refractivity contribution is 7.92. The van der Waals surface area contributed by atoms with E-state index in [9.17, 15) is 16.8 Å². The van der Waals surface area contributed by atoms with Crippen molar-refractivity contribution in [3.63, 3.8) is 0 Å². The first-order valence-electron chi connectivity index (χ1n) is 5.55. The highest BCUT2D eigenvalue weighted by Crippen LogP contribution is 2.22. The minimum atomic E-state index is -3.66. The molecule has 0 aliphatic carbocycles. The van der Waals surface area contributed by atoms with Gasteiger partial charge < -0.3 is 0 Å². The molecular weight excluding hydrogens is 308 g/mol. The van der Waals surface area contributed by atoms with Gasteiger partial charge in [-0.15, -0.1) is 11.3 Å². The van der Waals surface area contributed by atoms with E-state index in [1.54, 1.807) is 0 Å². The van der Waals surface area contributed by atoms with Gasteiger partial charge in [-0.25, -0.2) is 21.6 Å². The molecule has 0 bridgehead atoms. The number of rotatable bonds is 3. The molecule has 2 rings (SSSR count). The average Bonchev–Trinajstić information content (AvgIpc) is 2.81. The van der Waals surface area contributed by atoms with Crippen LogP contribution < -0.4 is 4.72 Å². The maximum absolute atomic E-state index is 12.0. The molecule has 2 heterocycles. The van der Waals surface area contributed by atoms with Crippen LogP contribution in [-0.4, -0.2) is 34.4 Å². The molecule has 1 aliphatic heterocycles. The van der Waals surface area contributed by atoms with E-state index in [0.717, 1.165) is 11.3 Å². The number of hydrogen-bond acceptors (Lipinski definition) is 6. The topological polar surface area (TPSA) is 104 Å². The Kier molecular flexibility index (Phi) is 3.96. The predicted octanol–water partition coefficient (Wildman–Crippen LogP) is 0.475. The second kappa shape index (κ2) is 5.20. The largest absolute Gasteiger partial charge is 0.250 e. The SMILES string of the molecule is N#Cc1ccc(S(=O)(=O)NC2CCS(=O)(=O)CC2)s1. The number of thiophene rings is 1. The first-order valence-corrected chi connectivity index (χ1v) is 9.67. The molecule has 1 saturated heterocycles. The number of nitrogens with one attached hydrogen (secondary N) is 1. The lowest BCUT2D eigenvalue weighted by Gasteiger charge is -2.22. The van der Waals surface area contributed by atoms with Crippen molar-refractivity contribution in [3.8, 4) is 6.07 Å². The molecule has 6 nitrogen and oxygen atoms in total. The summed E-state index contributed by atoms with van der Waals surface area (Å²) >= 11 is 0.898. The third-order valence-corrected chi connectivity index (χ3v) is 7.55. The van der Waals surface area contributed by atoms with Crippen LogP contribution in [0, 0.1) is 11.3 Å². The summed E-state index contributed by atoms with van der Waals surface area (Å²) in [5.74, 6) is 0.0160. The van der Waals surface area contributed by atoms with Crippen molar-refractivity contribution in [1.82, 2.24) is 4.72 Å². The van der Waals surface area contributed by atoms with Gasteiger partial charge in [0.1, 0.15) is 25.0 Å². The molecule has 9 heteroatoms. The lowest BCUT2D eigenvalue weighted by molar-refractivity contribution is 0.506. The zero-order valence-electron chi connectivity index (χ0n) is 9.87. The minimum absolute atomic E-state index is 0.00801. The molecule has 0 amide bonds. The van der Waals surface area contributed by atoms with Gasteiger partial charge >= 0.3 is 0 Å². The van der Waals surface area contributed by atoms with Crippen LogP contribution in [-0.2, 0) is 19.9 Å². The number of nitriles is 1. The van der Waals surface area contributed by atoms with E-state index in [0.29, 0.717) is 4.88 Å². The molecular formula is C10H12N2O4S3. The minimum Gasteiger partial charge on any atom is -0.229 e. The monoisotopic (exact) mass is 320 g/mol. The summed E-state index contributed by atoms with van der Waals surface area (Å²) in [6.45, 7) is 0. The van der Waals surface area contributed by atoms with Gasteiger partial charge in [0, 0.05) is 6.04 Å². The summed E-state index contributed by atoms with van der Waals surface area (Å²) in [5, 5.41) is 8.67. The molecule has 0 radical (unpaired) electrons. The van der Waals surface area contributed by atoms with Crippen molar-refractivity contribution < 1.29 is 16.8 Å². The van der Waals surface area contributed by atoms with Gasteiger partial charge in [0.25, 0.3) is 0 Å². The Morgan fingerprint density at radius 3 is 2.47 bits per heavy atom. The van der Waals surface area contributed by atoms with Gasteiger partial charge in [-0.1, -0.05) is 0 Å². The van der Waals surface area contributed by atoms with Crippen LogP contribution >= 0.6 is 11.3 Å². The Hall–Kier alpha value is -0.950. The van der Waals surface area contributed by atoms with Crippen LogP contribution in [0.25, 0.3) is 0 Å². The molecule has 1 aliphatic rings. The Balaban J connectivity index is 2.08. The fourth-order valence-corrected chi connectivity index (χ4v) is 5.73. The van der Waals surface area contributed by atoms with Gasteiger partial charge in [-0.05, 0) is 25.0 Å². The highest BCUT2D eigenvalue weighted by atomic mass is 32.2. The van der Waals surface area contributed by atoms with Crippen molar-refractivity contribution in [3.05, 3.63) is 17.0 Å². The number of sulfone groups is 1. The summed E-state index contributed by atoms with van der Waals surface area (Å²) in [7, 11) is -6.67. The number of hydrogen-bond donors (Lipinski definition) is 1. The zero-order chi connectivity index (χ0) is 14.1. The molecule has 104 valence electrons. The molecule has 1 N–H and O–H groups in total. The van der Waals surface area contributed by atoms with E-state index in [-0.39, 0.29) is 34.6 Å². The number of nitrogens with zero attached hydrogens (tertiary/aromatic N) is 1. The second-order valence-electron chi connectivity index (χ2n) is 4.28. The Bertz CT molecular complexity index is 698. The van der Waals surface area contributed by atoms with E-state index in [1.165, 1.54) is 12.1 Å². The van der Waals surface area contributed by atoms with Crippen LogP contribution in [0.3, 0.4) is 0 Å². The van der Waals surface area contributed by atoms with Gasteiger partial charge in [-0.3, -0.25) is 0 Å². The first kappa shape index (κ1) is 14.5. The van der Waals surface area contributed by atoms with E-state index >= 15 is 0 Å². The van der Waals surface area contributed by atoms with Gasteiger partial charge in [-0.2, -0.15) is 5.26 Å². The average molecular weight is 320 g/mol. The summed E-state index contributed by atoms with van der Waals surface area (Å²) in [5.41, 5.74) is 0. The second-order valence-corrected chi connectivity index (χ2v) is 9.61. The van der Waals surface area contributed by atoms with E-state index in [4.69, 9.17) is 5.26 Å². The molecule has 0 spiro atoms. The maximum Gasteiger partial charge on any atom is 0.250 e. The van der Waals surface area contributed by atoms with Crippen LogP contribution in [0.5, 0.6) is 0 Å². The van der Waals surface area contributed by atoms with Crippen molar-refractivity contribution in [1.29, 1.82) is 5.26 Å². The molecule has 19 heavy (non-hydrogen) atoms. The molecule has 1 aromatic heterocycles. The lowest BCUT2D eigenvalue weighted by Crippen LogP contribution is -2.40. The van der Waals surface area contributed by atoms with Gasteiger partial charge in [0.05, 0.1) is 11.5 Å².